The molecule has 1 amide bonds. The van der Waals surface area contributed by atoms with Crippen LogP contribution in [0.3, 0.4) is 0 Å². The van der Waals surface area contributed by atoms with Gasteiger partial charge >= 0.3 is 5.69 Å². The number of benzene rings is 1. The van der Waals surface area contributed by atoms with Crippen molar-refractivity contribution in [3.63, 3.8) is 0 Å². The zero-order chi connectivity index (χ0) is 16.2. The first-order valence-corrected chi connectivity index (χ1v) is 8.16. The third kappa shape index (κ3) is 3.36. The predicted molar refractivity (Wildman–Crippen MR) is 88.5 cm³/mol. The van der Waals surface area contributed by atoms with Crippen LogP contribution in [0.25, 0.3) is 10.9 Å². The fourth-order valence-electron chi connectivity index (χ4n) is 3.13. The molecule has 1 aliphatic rings. The van der Waals surface area contributed by atoms with Crippen molar-refractivity contribution in [2.24, 2.45) is 0 Å². The number of likely N-dealkylation sites (tertiary alicyclic amines) is 1. The van der Waals surface area contributed by atoms with Crippen LogP contribution in [0.15, 0.2) is 33.9 Å². The van der Waals surface area contributed by atoms with Crippen molar-refractivity contribution in [3.8, 4) is 0 Å². The molecule has 1 saturated heterocycles. The van der Waals surface area contributed by atoms with Crippen molar-refractivity contribution in [1.82, 2.24) is 14.5 Å². The molecule has 6 heteroatoms. The number of aromatic amines is 1. The van der Waals surface area contributed by atoms with E-state index >= 15 is 0 Å². The van der Waals surface area contributed by atoms with Gasteiger partial charge in [0.15, 0.2) is 0 Å². The van der Waals surface area contributed by atoms with Crippen LogP contribution in [0, 0.1) is 0 Å². The zero-order valence-electron chi connectivity index (χ0n) is 13.1. The van der Waals surface area contributed by atoms with Crippen molar-refractivity contribution in [3.05, 3.63) is 45.1 Å². The van der Waals surface area contributed by atoms with Crippen LogP contribution in [0.5, 0.6) is 0 Å². The van der Waals surface area contributed by atoms with E-state index < -0.39 is 11.2 Å². The Morgan fingerprint density at radius 3 is 2.39 bits per heavy atom. The van der Waals surface area contributed by atoms with Gasteiger partial charge in [-0.05, 0) is 25.0 Å². The van der Waals surface area contributed by atoms with E-state index in [1.165, 1.54) is 11.0 Å². The average molecular weight is 315 g/mol. The van der Waals surface area contributed by atoms with E-state index in [1.54, 1.807) is 24.3 Å². The number of rotatable bonds is 2. The van der Waals surface area contributed by atoms with Crippen LogP contribution < -0.4 is 11.2 Å². The molecule has 0 atom stereocenters. The van der Waals surface area contributed by atoms with E-state index in [-0.39, 0.29) is 12.5 Å². The molecule has 0 aliphatic carbocycles. The molecule has 6 nitrogen and oxygen atoms in total. The van der Waals surface area contributed by atoms with E-state index in [1.807, 2.05) is 4.90 Å². The second kappa shape index (κ2) is 6.81. The number of nitrogens with one attached hydrogen (secondary N) is 1. The Bertz CT molecular complexity index is 814. The molecular weight excluding hydrogens is 294 g/mol. The Kier molecular flexibility index (Phi) is 4.60. The molecule has 1 aliphatic heterocycles. The van der Waals surface area contributed by atoms with Gasteiger partial charge in [0, 0.05) is 13.1 Å². The molecule has 0 radical (unpaired) electrons. The van der Waals surface area contributed by atoms with Crippen molar-refractivity contribution in [1.29, 1.82) is 0 Å². The average Bonchev–Trinajstić information content (AvgIpc) is 2.51. The highest BCUT2D eigenvalue weighted by Gasteiger charge is 2.17. The minimum absolute atomic E-state index is 0.0316. The lowest BCUT2D eigenvalue weighted by Crippen LogP contribution is -2.40. The molecule has 1 fully saturated rings. The molecule has 0 unspecified atom stereocenters. The van der Waals surface area contributed by atoms with Crippen molar-refractivity contribution in [2.45, 2.75) is 38.6 Å². The fourth-order valence-corrected chi connectivity index (χ4v) is 3.13. The Morgan fingerprint density at radius 1 is 1.00 bits per heavy atom. The molecule has 2 aromatic rings. The van der Waals surface area contributed by atoms with Gasteiger partial charge in [0.25, 0.3) is 5.56 Å². The Hall–Kier alpha value is -2.37. The van der Waals surface area contributed by atoms with Crippen molar-refractivity contribution < 1.29 is 4.79 Å². The van der Waals surface area contributed by atoms with E-state index in [4.69, 9.17) is 0 Å². The number of fused-ring (bicyclic) bond motifs is 1. The summed E-state index contributed by atoms with van der Waals surface area (Å²) in [6, 6.07) is 6.86. The van der Waals surface area contributed by atoms with Crippen molar-refractivity contribution >= 4 is 16.8 Å². The first kappa shape index (κ1) is 15.5. The Morgan fingerprint density at radius 2 is 1.65 bits per heavy atom. The number of hydrogen-bond donors (Lipinski definition) is 1. The number of carbonyl (C=O) groups excluding carboxylic acids is 1. The zero-order valence-corrected chi connectivity index (χ0v) is 13.1. The van der Waals surface area contributed by atoms with Gasteiger partial charge in [-0.1, -0.05) is 31.4 Å². The molecule has 23 heavy (non-hydrogen) atoms. The van der Waals surface area contributed by atoms with Gasteiger partial charge in [-0.2, -0.15) is 0 Å². The van der Waals surface area contributed by atoms with Gasteiger partial charge in [-0.15, -0.1) is 0 Å². The smallest absolute Gasteiger partial charge is 0.329 e. The minimum Gasteiger partial charge on any atom is -0.341 e. The standard InChI is InChI=1S/C17H21N3O3/c21-15(19-10-6-2-1-3-7-11-19)12-20-14-9-5-4-8-13(14)16(22)18-17(20)23/h4-5,8-9H,1-3,6-7,10-12H2,(H,18,22,23). The summed E-state index contributed by atoms with van der Waals surface area (Å²) in [5.74, 6) is -0.0637. The number of hydrogen-bond acceptors (Lipinski definition) is 3. The largest absolute Gasteiger partial charge is 0.341 e. The molecule has 0 bridgehead atoms. The van der Waals surface area contributed by atoms with Crippen LogP contribution in [-0.2, 0) is 11.3 Å². The maximum atomic E-state index is 12.6. The SMILES string of the molecule is O=C(Cn1c(=O)[nH]c(=O)c2ccccc21)N1CCCCCCC1. The maximum absolute atomic E-state index is 12.6. The van der Waals surface area contributed by atoms with Crippen LogP contribution in [0.2, 0.25) is 0 Å². The van der Waals surface area contributed by atoms with Crippen molar-refractivity contribution in [2.75, 3.05) is 13.1 Å². The number of carbonyl (C=O) groups is 1. The molecule has 1 aromatic heterocycles. The summed E-state index contributed by atoms with van der Waals surface area (Å²) in [7, 11) is 0. The summed E-state index contributed by atoms with van der Waals surface area (Å²) in [4.78, 5) is 40.7. The second-order valence-electron chi connectivity index (χ2n) is 6.01. The predicted octanol–water partition coefficient (Wildman–Crippen LogP) is 1.48. The number of aromatic nitrogens is 2. The molecule has 122 valence electrons. The summed E-state index contributed by atoms with van der Waals surface area (Å²) in [5, 5.41) is 0.424. The normalized spacial score (nSPS) is 16.1. The third-order valence-electron chi connectivity index (χ3n) is 4.41. The van der Waals surface area contributed by atoms with Crippen LogP contribution >= 0.6 is 0 Å². The highest BCUT2D eigenvalue weighted by Crippen LogP contribution is 2.12. The van der Waals surface area contributed by atoms with Gasteiger partial charge in [-0.25, -0.2) is 4.79 Å². The lowest BCUT2D eigenvalue weighted by molar-refractivity contribution is -0.132. The van der Waals surface area contributed by atoms with Gasteiger partial charge in [0.05, 0.1) is 10.9 Å². The first-order valence-electron chi connectivity index (χ1n) is 8.16. The van der Waals surface area contributed by atoms with E-state index in [9.17, 15) is 14.4 Å². The highest BCUT2D eigenvalue weighted by molar-refractivity contribution is 5.81. The van der Waals surface area contributed by atoms with E-state index in [0.29, 0.717) is 10.9 Å². The number of para-hydroxylation sites is 1. The first-order chi connectivity index (χ1) is 11.2. The topological polar surface area (TPSA) is 75.2 Å². The number of H-pyrrole nitrogens is 1. The number of amides is 1. The highest BCUT2D eigenvalue weighted by atomic mass is 16.2. The van der Waals surface area contributed by atoms with Gasteiger partial charge in [0.2, 0.25) is 5.91 Å². The van der Waals surface area contributed by atoms with Crippen LogP contribution in [-0.4, -0.2) is 33.4 Å². The third-order valence-corrected chi connectivity index (χ3v) is 4.41. The molecule has 3 rings (SSSR count). The van der Waals surface area contributed by atoms with Gasteiger partial charge in [-0.3, -0.25) is 19.1 Å². The Balaban J connectivity index is 1.90. The second-order valence-corrected chi connectivity index (χ2v) is 6.01. The Labute approximate surface area is 133 Å². The van der Waals surface area contributed by atoms with Crippen LogP contribution in [0.1, 0.15) is 32.1 Å². The van der Waals surface area contributed by atoms with E-state index in [2.05, 4.69) is 4.98 Å². The van der Waals surface area contributed by atoms with Crippen LogP contribution in [0.4, 0.5) is 0 Å². The molecule has 1 N–H and O–H groups in total. The summed E-state index contributed by atoms with van der Waals surface area (Å²) >= 11 is 0. The van der Waals surface area contributed by atoms with Gasteiger partial charge < -0.3 is 4.90 Å². The molecular formula is C17H21N3O3. The van der Waals surface area contributed by atoms with Gasteiger partial charge in [0.1, 0.15) is 6.54 Å². The summed E-state index contributed by atoms with van der Waals surface area (Å²) in [6.07, 6.45) is 5.53. The summed E-state index contributed by atoms with van der Waals surface area (Å²) in [5.41, 5.74) is -0.448. The quantitative estimate of drug-likeness (QED) is 0.912. The summed E-state index contributed by atoms with van der Waals surface area (Å²) < 4.78 is 1.36. The molecule has 0 spiro atoms. The molecule has 2 heterocycles. The number of nitrogens with zero attached hydrogens (tertiary/aromatic N) is 2. The molecule has 0 saturated carbocycles. The monoisotopic (exact) mass is 315 g/mol. The minimum atomic E-state index is -0.533. The molecule has 1 aromatic carbocycles. The van der Waals surface area contributed by atoms with E-state index in [0.717, 1.165) is 38.8 Å². The summed E-state index contributed by atoms with van der Waals surface area (Å²) in [6.45, 7) is 1.46. The maximum Gasteiger partial charge on any atom is 0.329 e. The lowest BCUT2D eigenvalue weighted by atomic mass is 10.1. The fraction of sp³-hybridized carbons (Fsp3) is 0.471. The lowest BCUT2D eigenvalue weighted by Gasteiger charge is -2.25.